The Hall–Kier alpha value is -4.44. The number of aromatic nitrogens is 3. The molecule has 2 heterocycles. The molecule has 0 saturated heterocycles. The van der Waals surface area contributed by atoms with Crippen molar-refractivity contribution in [3.63, 3.8) is 0 Å². The van der Waals surface area contributed by atoms with Gasteiger partial charge in [0, 0.05) is 17.1 Å². The number of ether oxygens (including phenoxy) is 3. The van der Waals surface area contributed by atoms with Crippen LogP contribution < -0.4 is 24.8 Å². The molecule has 39 heavy (non-hydrogen) atoms. The van der Waals surface area contributed by atoms with E-state index in [1.54, 1.807) is 26.0 Å². The fourth-order valence-electron chi connectivity index (χ4n) is 4.45. The lowest BCUT2D eigenvalue weighted by Crippen LogP contribution is -2.31. The first kappa shape index (κ1) is 26.2. The zero-order valence-electron chi connectivity index (χ0n) is 22.1. The molecule has 4 aromatic rings. The third-order valence-corrected chi connectivity index (χ3v) is 7.24. The van der Waals surface area contributed by atoms with Crippen molar-refractivity contribution in [3.8, 4) is 17.2 Å². The normalized spacial score (nSPS) is 14.3. The second-order valence-corrected chi connectivity index (χ2v) is 9.75. The Morgan fingerprint density at radius 2 is 1.77 bits per heavy atom. The highest BCUT2D eigenvalue weighted by molar-refractivity contribution is 7.98. The molecular formula is C29H29N5O4S. The van der Waals surface area contributed by atoms with Crippen LogP contribution >= 0.6 is 11.8 Å². The maximum Gasteiger partial charge on any atom is 0.255 e. The molecule has 1 aliphatic rings. The van der Waals surface area contributed by atoms with Gasteiger partial charge in [0.2, 0.25) is 11.1 Å². The van der Waals surface area contributed by atoms with Gasteiger partial charge in [0.05, 0.1) is 26.9 Å². The SMILES string of the molecule is COc1cccc(CSc2nc3n(n2)[C@@H](c2ccc(OC)c(OC)c2)C(C(=O)Nc2ccccc2)=C(C)N3)c1. The molecule has 0 radical (unpaired) electrons. The second kappa shape index (κ2) is 11.5. The van der Waals surface area contributed by atoms with Crippen LogP contribution in [0.2, 0.25) is 0 Å². The molecule has 0 unspecified atom stereocenters. The average Bonchev–Trinajstić information content (AvgIpc) is 3.37. The van der Waals surface area contributed by atoms with E-state index in [0.717, 1.165) is 16.9 Å². The molecule has 0 fully saturated rings. The molecule has 1 atom stereocenters. The van der Waals surface area contributed by atoms with Crippen molar-refractivity contribution in [2.75, 3.05) is 32.0 Å². The van der Waals surface area contributed by atoms with Crippen LogP contribution in [0.5, 0.6) is 17.2 Å². The fraction of sp³-hybridized carbons (Fsp3) is 0.207. The quantitative estimate of drug-likeness (QED) is 0.266. The van der Waals surface area contributed by atoms with Crippen molar-refractivity contribution >= 4 is 29.3 Å². The van der Waals surface area contributed by atoms with E-state index in [2.05, 4.69) is 10.6 Å². The number of carbonyl (C=O) groups is 1. The van der Waals surface area contributed by atoms with Crippen LogP contribution in [-0.4, -0.2) is 42.0 Å². The van der Waals surface area contributed by atoms with Crippen LogP contribution in [-0.2, 0) is 10.5 Å². The molecule has 0 aliphatic carbocycles. The van der Waals surface area contributed by atoms with Crippen LogP contribution in [0.4, 0.5) is 11.6 Å². The molecule has 0 bridgehead atoms. The maximum absolute atomic E-state index is 13.7. The Balaban J connectivity index is 1.51. The van der Waals surface area contributed by atoms with E-state index in [1.165, 1.54) is 11.8 Å². The fourth-order valence-corrected chi connectivity index (χ4v) is 5.22. The van der Waals surface area contributed by atoms with Gasteiger partial charge in [-0.3, -0.25) is 4.79 Å². The second-order valence-electron chi connectivity index (χ2n) is 8.80. The van der Waals surface area contributed by atoms with Gasteiger partial charge < -0.3 is 24.8 Å². The molecule has 3 aromatic carbocycles. The van der Waals surface area contributed by atoms with Gasteiger partial charge in [0.15, 0.2) is 11.5 Å². The zero-order valence-corrected chi connectivity index (χ0v) is 22.9. The van der Waals surface area contributed by atoms with E-state index < -0.39 is 6.04 Å². The van der Waals surface area contributed by atoms with Crippen LogP contribution in [0.15, 0.2) is 89.2 Å². The monoisotopic (exact) mass is 543 g/mol. The number of allylic oxidation sites excluding steroid dienone is 1. The molecule has 2 N–H and O–H groups in total. The number of hydrogen-bond acceptors (Lipinski definition) is 8. The molecule has 9 nitrogen and oxygen atoms in total. The Kier molecular flexibility index (Phi) is 7.74. The number of hydrogen-bond donors (Lipinski definition) is 2. The maximum atomic E-state index is 13.7. The van der Waals surface area contributed by atoms with Crippen LogP contribution in [0.1, 0.15) is 24.1 Å². The predicted molar refractivity (Wildman–Crippen MR) is 152 cm³/mol. The van der Waals surface area contributed by atoms with Crippen LogP contribution in [0, 0.1) is 0 Å². The number of benzene rings is 3. The lowest BCUT2D eigenvalue weighted by Gasteiger charge is -2.29. The van der Waals surface area contributed by atoms with E-state index in [9.17, 15) is 4.79 Å². The summed E-state index contributed by atoms with van der Waals surface area (Å²) in [5, 5.41) is 11.7. The Morgan fingerprint density at radius 1 is 0.974 bits per heavy atom. The summed E-state index contributed by atoms with van der Waals surface area (Å²) in [6.07, 6.45) is 0. The average molecular weight is 544 g/mol. The molecule has 10 heteroatoms. The summed E-state index contributed by atoms with van der Waals surface area (Å²) in [5.74, 6) is 2.93. The molecule has 0 saturated carbocycles. The van der Waals surface area contributed by atoms with Crippen molar-refractivity contribution in [2.24, 2.45) is 0 Å². The van der Waals surface area contributed by atoms with Crippen LogP contribution in [0.3, 0.4) is 0 Å². The van der Waals surface area contributed by atoms with Crippen molar-refractivity contribution in [3.05, 3.63) is 95.2 Å². The third kappa shape index (κ3) is 5.56. The number of fused-ring (bicyclic) bond motifs is 1. The Bertz CT molecular complexity index is 1520. The summed E-state index contributed by atoms with van der Waals surface area (Å²) in [7, 11) is 4.83. The summed E-state index contributed by atoms with van der Waals surface area (Å²) in [6, 6.07) is 22.3. The lowest BCUT2D eigenvalue weighted by molar-refractivity contribution is -0.113. The standard InChI is InChI=1S/C29H29N5O4S/c1-18-25(27(35)31-21-10-6-5-7-11-21)26(20-13-14-23(37-3)24(16-20)38-4)34-28(30-18)32-29(33-34)39-17-19-9-8-12-22(15-19)36-2/h5-16,26H,17H2,1-4H3,(H,31,35)(H,30,32,33)/t26-/m0/s1. The number of thioether (sulfide) groups is 1. The van der Waals surface area contributed by atoms with Crippen molar-refractivity contribution < 1.29 is 19.0 Å². The van der Waals surface area contributed by atoms with Crippen molar-refractivity contribution in [2.45, 2.75) is 23.9 Å². The van der Waals surface area contributed by atoms with Crippen molar-refractivity contribution in [1.82, 2.24) is 14.8 Å². The van der Waals surface area contributed by atoms with E-state index in [4.69, 9.17) is 24.3 Å². The molecule has 1 amide bonds. The third-order valence-electron chi connectivity index (χ3n) is 6.33. The molecule has 5 rings (SSSR count). The van der Waals surface area contributed by atoms with Gasteiger partial charge >= 0.3 is 0 Å². The molecular weight excluding hydrogens is 514 g/mol. The molecule has 0 spiro atoms. The highest BCUT2D eigenvalue weighted by Crippen LogP contribution is 2.40. The number of anilines is 2. The summed E-state index contributed by atoms with van der Waals surface area (Å²) in [6.45, 7) is 1.87. The van der Waals surface area contributed by atoms with Gasteiger partial charge in [-0.25, -0.2) is 4.68 Å². The zero-order chi connectivity index (χ0) is 27.4. The number of amides is 1. The molecule has 200 valence electrons. The van der Waals surface area contributed by atoms with Crippen molar-refractivity contribution in [1.29, 1.82) is 0 Å². The minimum Gasteiger partial charge on any atom is -0.497 e. The van der Waals surface area contributed by atoms with Gasteiger partial charge in [0.1, 0.15) is 11.8 Å². The van der Waals surface area contributed by atoms with E-state index in [0.29, 0.717) is 45.3 Å². The number of rotatable bonds is 9. The largest absolute Gasteiger partial charge is 0.497 e. The van der Waals surface area contributed by atoms with E-state index in [1.807, 2.05) is 79.7 Å². The van der Waals surface area contributed by atoms with Gasteiger partial charge in [-0.05, 0) is 54.4 Å². The summed E-state index contributed by atoms with van der Waals surface area (Å²) >= 11 is 1.51. The lowest BCUT2D eigenvalue weighted by atomic mass is 9.94. The number of carbonyl (C=O) groups excluding carboxylic acids is 1. The smallest absolute Gasteiger partial charge is 0.255 e. The predicted octanol–water partition coefficient (Wildman–Crippen LogP) is 5.52. The Morgan fingerprint density at radius 3 is 2.51 bits per heavy atom. The highest BCUT2D eigenvalue weighted by Gasteiger charge is 2.35. The number of nitrogens with zero attached hydrogens (tertiary/aromatic N) is 3. The molecule has 1 aromatic heterocycles. The Labute approximate surface area is 231 Å². The number of para-hydroxylation sites is 1. The topological polar surface area (TPSA) is 99.5 Å². The number of nitrogens with one attached hydrogen (secondary N) is 2. The van der Waals surface area contributed by atoms with Gasteiger partial charge in [-0.15, -0.1) is 5.10 Å². The van der Waals surface area contributed by atoms with Crippen LogP contribution in [0.25, 0.3) is 0 Å². The summed E-state index contributed by atoms with van der Waals surface area (Å²) < 4.78 is 18.1. The first-order chi connectivity index (χ1) is 19.0. The summed E-state index contributed by atoms with van der Waals surface area (Å²) in [4.78, 5) is 18.4. The van der Waals surface area contributed by atoms with Gasteiger partial charge in [-0.1, -0.05) is 48.2 Å². The minimum atomic E-state index is -0.552. The first-order valence-corrected chi connectivity index (χ1v) is 13.3. The molecule has 1 aliphatic heterocycles. The van der Waals surface area contributed by atoms with E-state index in [-0.39, 0.29) is 5.91 Å². The highest BCUT2D eigenvalue weighted by atomic mass is 32.2. The first-order valence-electron chi connectivity index (χ1n) is 12.3. The summed E-state index contributed by atoms with van der Waals surface area (Å²) in [5.41, 5.74) is 3.81. The number of methoxy groups -OCH3 is 3. The minimum absolute atomic E-state index is 0.238. The van der Waals surface area contributed by atoms with Gasteiger partial charge in [-0.2, -0.15) is 4.98 Å². The van der Waals surface area contributed by atoms with Gasteiger partial charge in [0.25, 0.3) is 5.91 Å². The van der Waals surface area contributed by atoms with E-state index >= 15 is 0 Å².